The number of carbonyl (C=O) groups excluding carboxylic acids is 2. The van der Waals surface area contributed by atoms with Crippen molar-refractivity contribution in [1.29, 1.82) is 0 Å². The van der Waals surface area contributed by atoms with E-state index in [1.807, 2.05) is 13.0 Å². The summed E-state index contributed by atoms with van der Waals surface area (Å²) in [4.78, 5) is 29.0. The van der Waals surface area contributed by atoms with Crippen molar-refractivity contribution in [1.82, 2.24) is 4.98 Å². The van der Waals surface area contributed by atoms with Gasteiger partial charge in [-0.3, -0.25) is 0 Å². The first-order valence-electron chi connectivity index (χ1n) is 8.88. The number of ether oxygens (including phenoxy) is 2. The van der Waals surface area contributed by atoms with E-state index in [9.17, 15) is 14.7 Å². The van der Waals surface area contributed by atoms with Crippen molar-refractivity contribution < 1.29 is 24.2 Å². The first kappa shape index (κ1) is 18.1. The quantitative estimate of drug-likeness (QED) is 0.785. The van der Waals surface area contributed by atoms with Crippen LogP contribution in [0.4, 0.5) is 0 Å². The zero-order chi connectivity index (χ0) is 19.5. The number of thiazole rings is 1. The standard InChI is InChI=1S/C20H21NO5S/c1-9-13-7-20(4)10(2)16(26-19(24)17-11(3)21-8-27-17)14(22)5-12(20)6-15(13)25-18(9)23/h5-6,8,10,14,16,22H,7H2,1-4H3/t10-,14-,16+,20+/m0/s1. The van der Waals surface area contributed by atoms with Crippen LogP contribution in [0.3, 0.4) is 0 Å². The summed E-state index contributed by atoms with van der Waals surface area (Å²) in [5, 5.41) is 10.6. The van der Waals surface area contributed by atoms with Crippen LogP contribution in [0, 0.1) is 18.3 Å². The van der Waals surface area contributed by atoms with Crippen LogP contribution in [0.15, 0.2) is 40.1 Å². The van der Waals surface area contributed by atoms with Gasteiger partial charge in [-0.1, -0.05) is 13.8 Å². The molecule has 7 heteroatoms. The maximum absolute atomic E-state index is 12.6. The lowest BCUT2D eigenvalue weighted by Gasteiger charge is -2.47. The van der Waals surface area contributed by atoms with Gasteiger partial charge in [0, 0.05) is 22.5 Å². The first-order chi connectivity index (χ1) is 12.7. The van der Waals surface area contributed by atoms with E-state index in [1.54, 1.807) is 25.4 Å². The summed E-state index contributed by atoms with van der Waals surface area (Å²) < 4.78 is 11.0. The van der Waals surface area contributed by atoms with E-state index in [0.717, 1.165) is 11.1 Å². The van der Waals surface area contributed by atoms with Gasteiger partial charge < -0.3 is 14.6 Å². The Hall–Kier alpha value is -2.25. The number of hydrogen-bond donors (Lipinski definition) is 1. The number of aliphatic hydroxyl groups is 1. The second-order valence-corrected chi connectivity index (χ2v) is 8.49. The molecule has 0 spiro atoms. The molecule has 1 aromatic rings. The van der Waals surface area contributed by atoms with Crippen molar-refractivity contribution >= 4 is 23.3 Å². The van der Waals surface area contributed by atoms with Gasteiger partial charge in [0.15, 0.2) is 0 Å². The normalized spacial score (nSPS) is 32.3. The average Bonchev–Trinajstić information content (AvgIpc) is 3.15. The van der Waals surface area contributed by atoms with Crippen LogP contribution in [-0.2, 0) is 14.3 Å². The summed E-state index contributed by atoms with van der Waals surface area (Å²) in [5.74, 6) is -0.376. The van der Waals surface area contributed by atoms with E-state index in [1.165, 1.54) is 11.3 Å². The van der Waals surface area contributed by atoms with E-state index in [2.05, 4.69) is 11.9 Å². The van der Waals surface area contributed by atoms with Crippen LogP contribution in [0.25, 0.3) is 0 Å². The number of nitrogens with zero attached hydrogens (tertiary/aromatic N) is 1. The molecule has 0 fully saturated rings. The monoisotopic (exact) mass is 387 g/mol. The number of fused-ring (bicyclic) bond motifs is 2. The molecule has 0 saturated carbocycles. The largest absolute Gasteiger partial charge is 0.455 e. The minimum atomic E-state index is -0.930. The van der Waals surface area contributed by atoms with Crippen molar-refractivity contribution in [2.45, 2.75) is 46.3 Å². The molecule has 4 rings (SSSR count). The predicted molar refractivity (Wildman–Crippen MR) is 98.9 cm³/mol. The molecular weight excluding hydrogens is 366 g/mol. The zero-order valence-electron chi connectivity index (χ0n) is 15.6. The molecule has 6 nitrogen and oxygen atoms in total. The van der Waals surface area contributed by atoms with Crippen molar-refractivity contribution in [3.8, 4) is 0 Å². The topological polar surface area (TPSA) is 85.7 Å². The minimum Gasteiger partial charge on any atom is -0.455 e. The van der Waals surface area contributed by atoms with E-state index in [-0.39, 0.29) is 17.3 Å². The maximum atomic E-state index is 12.6. The van der Waals surface area contributed by atoms with E-state index in [0.29, 0.717) is 28.3 Å². The SMILES string of the molecule is CC1=C2C[C@@]3(C)C(=C[C@H](O)[C@H](OC(=O)c4scnc4C)[C@@H]3C)C=C2OC1=O. The summed E-state index contributed by atoms with van der Waals surface area (Å²) in [6.07, 6.45) is 2.53. The van der Waals surface area contributed by atoms with Crippen LogP contribution in [0.5, 0.6) is 0 Å². The summed E-state index contributed by atoms with van der Waals surface area (Å²) in [6.45, 7) is 7.57. The molecule has 0 saturated heterocycles. The molecule has 4 atom stereocenters. The Kier molecular flexibility index (Phi) is 4.12. The highest BCUT2D eigenvalue weighted by molar-refractivity contribution is 7.11. The summed E-state index contributed by atoms with van der Waals surface area (Å²) in [5.41, 5.74) is 4.27. The number of aryl methyl sites for hydroxylation is 1. The fourth-order valence-corrected chi connectivity index (χ4v) is 4.79. The van der Waals surface area contributed by atoms with Gasteiger partial charge in [-0.2, -0.15) is 0 Å². The summed E-state index contributed by atoms with van der Waals surface area (Å²) in [7, 11) is 0. The van der Waals surface area contributed by atoms with Gasteiger partial charge in [0.25, 0.3) is 0 Å². The second kappa shape index (κ2) is 6.14. The van der Waals surface area contributed by atoms with Crippen LogP contribution in [0.1, 0.15) is 42.6 Å². The first-order valence-corrected chi connectivity index (χ1v) is 9.75. The number of aliphatic hydroxyl groups excluding tert-OH is 1. The third kappa shape index (κ3) is 2.68. The number of rotatable bonds is 2. The van der Waals surface area contributed by atoms with Crippen molar-refractivity contribution in [3.63, 3.8) is 0 Å². The van der Waals surface area contributed by atoms with Gasteiger partial charge >= 0.3 is 11.9 Å². The van der Waals surface area contributed by atoms with Crippen LogP contribution in [0.2, 0.25) is 0 Å². The van der Waals surface area contributed by atoms with Crippen LogP contribution >= 0.6 is 11.3 Å². The Bertz CT molecular complexity index is 940. The summed E-state index contributed by atoms with van der Waals surface area (Å²) >= 11 is 1.23. The third-order valence-corrected chi connectivity index (χ3v) is 7.02. The number of allylic oxidation sites excluding steroid dienone is 3. The molecule has 0 amide bonds. The Balaban J connectivity index is 1.67. The fraction of sp³-hybridized carbons (Fsp3) is 0.450. The summed E-state index contributed by atoms with van der Waals surface area (Å²) in [6, 6.07) is 0. The number of carbonyl (C=O) groups is 2. The van der Waals surface area contributed by atoms with E-state index < -0.39 is 18.2 Å². The molecular formula is C20H21NO5S. The van der Waals surface area contributed by atoms with Gasteiger partial charge in [-0.25, -0.2) is 14.6 Å². The molecule has 0 aromatic carbocycles. The number of hydrogen-bond acceptors (Lipinski definition) is 7. The van der Waals surface area contributed by atoms with Crippen molar-refractivity contribution in [2.75, 3.05) is 0 Å². The lowest BCUT2D eigenvalue weighted by Crippen LogP contribution is -2.48. The number of aromatic nitrogens is 1. The molecule has 0 radical (unpaired) electrons. The fourth-order valence-electron chi connectivity index (χ4n) is 4.10. The Morgan fingerprint density at radius 2 is 2.19 bits per heavy atom. The molecule has 2 aliphatic carbocycles. The highest BCUT2D eigenvalue weighted by Gasteiger charge is 2.50. The van der Waals surface area contributed by atoms with Gasteiger partial charge in [0.05, 0.1) is 11.2 Å². The Labute approximate surface area is 161 Å². The van der Waals surface area contributed by atoms with Crippen molar-refractivity contribution in [3.05, 3.63) is 50.7 Å². The highest BCUT2D eigenvalue weighted by Crippen LogP contribution is 2.54. The molecule has 1 aromatic heterocycles. The molecule has 27 heavy (non-hydrogen) atoms. The molecule has 142 valence electrons. The van der Waals surface area contributed by atoms with Gasteiger partial charge in [0.2, 0.25) is 0 Å². The van der Waals surface area contributed by atoms with Gasteiger partial charge in [-0.05, 0) is 38.0 Å². The lowest BCUT2D eigenvalue weighted by molar-refractivity contribution is -0.133. The van der Waals surface area contributed by atoms with Gasteiger partial charge in [0.1, 0.15) is 22.8 Å². The zero-order valence-corrected chi connectivity index (χ0v) is 16.4. The molecule has 2 heterocycles. The van der Waals surface area contributed by atoms with E-state index >= 15 is 0 Å². The molecule has 0 unspecified atom stereocenters. The Morgan fingerprint density at radius 3 is 2.85 bits per heavy atom. The third-order valence-electron chi connectivity index (χ3n) is 6.11. The molecule has 0 bridgehead atoms. The molecule has 1 aliphatic heterocycles. The minimum absolute atomic E-state index is 0.154. The second-order valence-electron chi connectivity index (χ2n) is 7.63. The smallest absolute Gasteiger partial charge is 0.350 e. The van der Waals surface area contributed by atoms with E-state index in [4.69, 9.17) is 9.47 Å². The van der Waals surface area contributed by atoms with Gasteiger partial charge in [-0.15, -0.1) is 11.3 Å². The van der Waals surface area contributed by atoms with Crippen LogP contribution in [-0.4, -0.2) is 34.2 Å². The molecule has 1 N–H and O–H groups in total. The Morgan fingerprint density at radius 1 is 1.44 bits per heavy atom. The lowest BCUT2D eigenvalue weighted by atomic mass is 9.60. The molecule has 3 aliphatic rings. The predicted octanol–water partition coefficient (Wildman–Crippen LogP) is 3.08. The maximum Gasteiger partial charge on any atom is 0.350 e. The average molecular weight is 387 g/mol. The highest BCUT2D eigenvalue weighted by atomic mass is 32.1. The van der Waals surface area contributed by atoms with Crippen molar-refractivity contribution in [2.24, 2.45) is 11.3 Å². The van der Waals surface area contributed by atoms with Crippen LogP contribution < -0.4 is 0 Å². The number of esters is 2.